The summed E-state index contributed by atoms with van der Waals surface area (Å²) >= 11 is 0. The van der Waals surface area contributed by atoms with Gasteiger partial charge in [0.05, 0.1) is 23.6 Å². The molecule has 0 unspecified atom stereocenters. The van der Waals surface area contributed by atoms with Crippen LogP contribution in [0, 0.1) is 0 Å². The minimum absolute atomic E-state index is 0.0430. The second-order valence-corrected chi connectivity index (χ2v) is 5.07. The molecule has 5 nitrogen and oxygen atoms in total. The molecular weight excluding hydrogens is 280 g/mol. The number of fused-ring (bicyclic) bond motifs is 2. The van der Waals surface area contributed by atoms with E-state index in [1.165, 1.54) is 0 Å². The number of carbonyl (C=O) groups excluding carboxylic acids is 1. The lowest BCUT2D eigenvalue weighted by atomic mass is 10.0. The lowest BCUT2D eigenvalue weighted by Crippen LogP contribution is -2.22. The number of nitrogens with one attached hydrogen (secondary N) is 1. The van der Waals surface area contributed by atoms with E-state index in [1.54, 1.807) is 31.4 Å². The van der Waals surface area contributed by atoms with Crippen molar-refractivity contribution in [3.8, 4) is 11.6 Å². The van der Waals surface area contributed by atoms with Gasteiger partial charge in [0.25, 0.3) is 5.91 Å². The predicted molar refractivity (Wildman–Crippen MR) is 81.3 cm³/mol. The second-order valence-electron chi connectivity index (χ2n) is 5.07. The van der Waals surface area contributed by atoms with Gasteiger partial charge in [-0.05, 0) is 24.3 Å². The molecule has 2 heterocycles. The molecule has 1 aliphatic heterocycles. The van der Waals surface area contributed by atoms with Gasteiger partial charge < -0.3 is 14.8 Å². The Morgan fingerprint density at radius 3 is 2.82 bits per heavy atom. The van der Waals surface area contributed by atoms with Crippen LogP contribution in [0.1, 0.15) is 5.56 Å². The summed E-state index contributed by atoms with van der Waals surface area (Å²) in [4.78, 5) is 19.3. The van der Waals surface area contributed by atoms with Crippen molar-refractivity contribution in [1.82, 2.24) is 4.98 Å². The van der Waals surface area contributed by atoms with Crippen LogP contribution in [0.3, 0.4) is 0 Å². The number of benzene rings is 2. The Labute approximate surface area is 125 Å². The number of H-pyrrole nitrogens is 1. The fourth-order valence-electron chi connectivity index (χ4n) is 2.84. The van der Waals surface area contributed by atoms with Crippen LogP contribution in [0.25, 0.3) is 16.5 Å². The molecule has 0 bridgehead atoms. The summed E-state index contributed by atoms with van der Waals surface area (Å²) in [5, 5.41) is 12.4. The molecule has 2 N–H and O–H groups in total. The van der Waals surface area contributed by atoms with E-state index in [0.29, 0.717) is 22.2 Å². The van der Waals surface area contributed by atoms with E-state index in [9.17, 15) is 9.90 Å². The molecule has 0 spiro atoms. The van der Waals surface area contributed by atoms with Crippen LogP contribution in [0.4, 0.5) is 0 Å². The highest BCUT2D eigenvalue weighted by Gasteiger charge is 2.24. The smallest absolute Gasteiger partial charge is 0.279 e. The zero-order chi connectivity index (χ0) is 15.3. The Balaban J connectivity index is 2.14. The normalized spacial score (nSPS) is 13.3. The Hall–Kier alpha value is -3.08. The predicted octanol–water partition coefficient (Wildman–Crippen LogP) is 1.24. The van der Waals surface area contributed by atoms with Gasteiger partial charge in [-0.25, -0.2) is 4.99 Å². The first kappa shape index (κ1) is 12.6. The van der Waals surface area contributed by atoms with E-state index in [0.717, 1.165) is 16.1 Å². The second kappa shape index (κ2) is 4.46. The summed E-state index contributed by atoms with van der Waals surface area (Å²) in [7, 11) is 1.58. The molecule has 1 amide bonds. The Morgan fingerprint density at radius 2 is 2.00 bits per heavy atom. The van der Waals surface area contributed by atoms with Gasteiger partial charge in [0.1, 0.15) is 5.75 Å². The van der Waals surface area contributed by atoms with Crippen molar-refractivity contribution in [3.05, 3.63) is 58.6 Å². The molecule has 108 valence electrons. The first-order valence-electron chi connectivity index (χ1n) is 6.80. The molecular formula is C17H12N2O3. The van der Waals surface area contributed by atoms with Crippen molar-refractivity contribution in [1.29, 1.82) is 0 Å². The number of methoxy groups -OCH3 is 1. The Morgan fingerprint density at radius 1 is 1.18 bits per heavy atom. The van der Waals surface area contributed by atoms with Gasteiger partial charge in [-0.3, -0.25) is 4.79 Å². The van der Waals surface area contributed by atoms with Crippen molar-refractivity contribution < 1.29 is 14.6 Å². The van der Waals surface area contributed by atoms with Crippen LogP contribution < -0.4 is 15.3 Å². The van der Waals surface area contributed by atoms with E-state index >= 15 is 0 Å². The maximum atomic E-state index is 12.3. The summed E-state index contributed by atoms with van der Waals surface area (Å²) < 4.78 is 5.23. The van der Waals surface area contributed by atoms with Gasteiger partial charge in [-0.1, -0.05) is 18.2 Å². The lowest BCUT2D eigenvalue weighted by molar-refractivity contribution is -0.112. The van der Waals surface area contributed by atoms with Crippen molar-refractivity contribution in [3.63, 3.8) is 0 Å². The molecule has 5 heteroatoms. The van der Waals surface area contributed by atoms with Crippen molar-refractivity contribution in [2.45, 2.75) is 0 Å². The van der Waals surface area contributed by atoms with E-state index in [2.05, 4.69) is 9.98 Å². The largest absolute Gasteiger partial charge is 0.497 e. The quantitative estimate of drug-likeness (QED) is 0.746. The van der Waals surface area contributed by atoms with E-state index in [1.807, 2.05) is 18.2 Å². The van der Waals surface area contributed by atoms with E-state index in [4.69, 9.17) is 4.74 Å². The monoisotopic (exact) mass is 292 g/mol. The van der Waals surface area contributed by atoms with Gasteiger partial charge >= 0.3 is 0 Å². The first-order chi connectivity index (χ1) is 10.7. The van der Waals surface area contributed by atoms with Crippen LogP contribution in [-0.2, 0) is 4.79 Å². The maximum Gasteiger partial charge on any atom is 0.279 e. The molecule has 1 aromatic heterocycles. The van der Waals surface area contributed by atoms with Crippen LogP contribution in [-0.4, -0.2) is 23.1 Å². The third-order valence-corrected chi connectivity index (χ3v) is 3.85. The molecule has 4 rings (SSSR count). The zero-order valence-corrected chi connectivity index (χ0v) is 11.8. The highest BCUT2D eigenvalue weighted by Crippen LogP contribution is 2.35. The summed E-state index contributed by atoms with van der Waals surface area (Å²) in [5.41, 5.74) is 1.61. The first-order valence-corrected chi connectivity index (χ1v) is 6.80. The van der Waals surface area contributed by atoms with Crippen LogP contribution in [0.5, 0.6) is 11.6 Å². The molecule has 0 radical (unpaired) electrons. The van der Waals surface area contributed by atoms with Gasteiger partial charge in [0.15, 0.2) is 5.88 Å². The Bertz CT molecular complexity index is 1050. The van der Waals surface area contributed by atoms with E-state index in [-0.39, 0.29) is 11.8 Å². The number of aromatic nitrogens is 1. The molecule has 3 aromatic rings. The standard InChI is InChI=1S/C17H12N2O3/c1-22-9-6-7-13-11(8-9)15(17(21)19-13)14-10-4-2-3-5-12(10)18-16(14)20/h2-8,19,21H,1H3. The number of hydrogen-bond donors (Lipinski definition) is 2. The molecule has 2 aromatic carbocycles. The third kappa shape index (κ3) is 1.65. The van der Waals surface area contributed by atoms with Crippen LogP contribution in [0.2, 0.25) is 0 Å². The molecule has 0 saturated heterocycles. The fraction of sp³-hybridized carbons (Fsp3) is 0.0588. The number of ether oxygens (including phenoxy) is 1. The molecule has 0 fully saturated rings. The van der Waals surface area contributed by atoms with Gasteiger partial charge in [-0.2, -0.15) is 0 Å². The van der Waals surface area contributed by atoms with Gasteiger partial charge in [0.2, 0.25) is 0 Å². The molecule has 1 aliphatic rings. The number of para-hydroxylation sites is 1. The number of carbonyl (C=O) groups is 1. The number of amides is 1. The fourth-order valence-corrected chi connectivity index (χ4v) is 2.84. The molecule has 0 atom stereocenters. The van der Waals surface area contributed by atoms with Crippen LogP contribution >= 0.6 is 0 Å². The highest BCUT2D eigenvalue weighted by atomic mass is 16.5. The number of nitrogens with zero attached hydrogens (tertiary/aromatic N) is 1. The van der Waals surface area contributed by atoms with E-state index < -0.39 is 0 Å². The zero-order valence-electron chi connectivity index (χ0n) is 11.8. The average molecular weight is 292 g/mol. The summed E-state index contributed by atoms with van der Waals surface area (Å²) in [5.74, 6) is 0.266. The van der Waals surface area contributed by atoms with Gasteiger partial charge in [-0.15, -0.1) is 0 Å². The minimum Gasteiger partial charge on any atom is -0.497 e. The Kier molecular flexibility index (Phi) is 2.56. The number of aromatic amines is 1. The summed E-state index contributed by atoms with van der Waals surface area (Å²) in [6.45, 7) is 0. The van der Waals surface area contributed by atoms with Crippen LogP contribution in [0.15, 0.2) is 47.5 Å². The summed E-state index contributed by atoms with van der Waals surface area (Å²) in [6.07, 6.45) is 0. The third-order valence-electron chi connectivity index (χ3n) is 3.85. The van der Waals surface area contributed by atoms with Crippen molar-refractivity contribution in [2.75, 3.05) is 7.11 Å². The number of aromatic hydroxyl groups is 1. The highest BCUT2D eigenvalue weighted by molar-refractivity contribution is 6.24. The van der Waals surface area contributed by atoms with Crippen molar-refractivity contribution >= 4 is 22.4 Å². The summed E-state index contributed by atoms with van der Waals surface area (Å²) in [6, 6.07) is 12.7. The number of hydrogen-bond acceptors (Lipinski definition) is 3. The van der Waals surface area contributed by atoms with Crippen molar-refractivity contribution in [2.24, 2.45) is 4.99 Å². The molecule has 22 heavy (non-hydrogen) atoms. The maximum absolute atomic E-state index is 12.3. The molecule has 0 aliphatic carbocycles. The number of rotatable bonds is 2. The SMILES string of the molecule is COc1ccc2[nH]c(O)c(C3=c4ccccc4=NC3=O)c2c1. The topological polar surface area (TPSA) is 74.7 Å². The average Bonchev–Trinajstić information content (AvgIpc) is 3.01. The lowest BCUT2D eigenvalue weighted by Gasteiger charge is -2.02. The van der Waals surface area contributed by atoms with Gasteiger partial charge in [0, 0.05) is 16.1 Å². The minimum atomic E-state index is -0.347. The molecule has 0 saturated carbocycles.